The van der Waals surface area contributed by atoms with E-state index in [-0.39, 0.29) is 35.0 Å². The molecule has 1 N–H and O–H groups in total. The molecule has 0 radical (unpaired) electrons. The molecule has 8 nitrogen and oxygen atoms in total. The molecular weight excluding hydrogens is 638 g/mol. The van der Waals surface area contributed by atoms with E-state index in [4.69, 9.17) is 27.9 Å². The zero-order valence-corrected chi connectivity index (χ0v) is 24.3. The van der Waals surface area contributed by atoms with Gasteiger partial charge in [-0.2, -0.15) is 0 Å². The summed E-state index contributed by atoms with van der Waals surface area (Å²) in [4.78, 5) is 49.8. The Hall–Kier alpha value is -3.71. The average molecular weight is 659 g/mol. The molecule has 3 fully saturated rings. The van der Waals surface area contributed by atoms with Crippen molar-refractivity contribution in [3.05, 3.63) is 64.5 Å². The Kier molecular flexibility index (Phi) is 6.82. The number of aromatic hydroxyl groups is 1. The third-order valence-corrected chi connectivity index (χ3v) is 10.5. The molecule has 232 valence electrons. The van der Waals surface area contributed by atoms with Crippen LogP contribution in [0, 0.1) is 46.8 Å². The summed E-state index contributed by atoms with van der Waals surface area (Å²) in [6, 6.07) is 3.83. The smallest absolute Gasteiger partial charge is 0.258 e. The number of halogens is 7. The zero-order valence-electron chi connectivity index (χ0n) is 22.8. The van der Waals surface area contributed by atoms with Gasteiger partial charge in [0.05, 0.1) is 18.4 Å². The second-order valence-corrected chi connectivity index (χ2v) is 12.3. The molecule has 2 aliphatic carbocycles. The molecule has 4 aliphatic rings. The first-order valence-electron chi connectivity index (χ1n) is 13.4. The lowest BCUT2D eigenvalue weighted by atomic mass is 9.56. The minimum Gasteiger partial charge on any atom is -0.504 e. The average Bonchev–Trinajstić information content (AvgIpc) is 3.30. The number of likely N-dealkylation sites (tertiary alicyclic amines) is 1. The number of anilines is 1. The fraction of sp³-hybridized carbons (Fsp3) is 0.379. The van der Waals surface area contributed by atoms with E-state index in [1.807, 2.05) is 0 Å². The molecule has 4 amide bonds. The Balaban J connectivity index is 1.62. The standard InChI is InChI=1S/C29H21Cl2F5N2O6/c1-3-44-15-8-10(4-7-14(15)39)17-11-5-6-12-16(25(41)37(2)24(12)40)13(11)9-28(30)26(42)38(27(43)29(17,28)31)23-21(35)19(33)18(32)20(34)22(23)36/h4-5,7-8,12-13,16-17,39H,3,6,9H2,1-2H3/t12-,13+,16-,17-,28+,29-/m0/s1. The van der Waals surface area contributed by atoms with Crippen molar-refractivity contribution in [3.63, 3.8) is 0 Å². The lowest BCUT2D eigenvalue weighted by Crippen LogP contribution is -2.60. The van der Waals surface area contributed by atoms with Crippen molar-refractivity contribution in [2.75, 3.05) is 18.6 Å². The lowest BCUT2D eigenvalue weighted by Gasteiger charge is -2.50. The fourth-order valence-electron chi connectivity index (χ4n) is 7.08. The quantitative estimate of drug-likeness (QED) is 0.128. The van der Waals surface area contributed by atoms with Gasteiger partial charge >= 0.3 is 0 Å². The highest BCUT2D eigenvalue weighted by Gasteiger charge is 2.77. The maximum Gasteiger partial charge on any atom is 0.258 e. The van der Waals surface area contributed by atoms with Crippen LogP contribution >= 0.6 is 23.2 Å². The number of hydrogen-bond donors (Lipinski definition) is 1. The van der Waals surface area contributed by atoms with Crippen LogP contribution in [0.1, 0.15) is 31.2 Å². The van der Waals surface area contributed by atoms with Crippen LogP contribution in [0.4, 0.5) is 27.6 Å². The number of alkyl halides is 2. The van der Waals surface area contributed by atoms with Gasteiger partial charge in [-0.15, -0.1) is 23.2 Å². The third-order valence-electron chi connectivity index (χ3n) is 9.06. The number of amides is 4. The number of nitrogens with zero attached hydrogens (tertiary/aromatic N) is 2. The number of phenols is 1. The number of phenolic OH excluding ortho intramolecular Hbond substituents is 1. The van der Waals surface area contributed by atoms with Gasteiger partial charge in [0, 0.05) is 13.0 Å². The molecule has 6 atom stereocenters. The normalized spacial score (nSPS) is 31.2. The van der Waals surface area contributed by atoms with Crippen molar-refractivity contribution < 1.29 is 51.0 Å². The minimum atomic E-state index is -2.65. The van der Waals surface area contributed by atoms with E-state index in [1.54, 1.807) is 13.0 Å². The van der Waals surface area contributed by atoms with Crippen molar-refractivity contribution in [3.8, 4) is 11.5 Å². The maximum atomic E-state index is 15.0. The molecule has 0 bridgehead atoms. The Morgan fingerprint density at radius 2 is 1.55 bits per heavy atom. The van der Waals surface area contributed by atoms with Crippen LogP contribution in [0.15, 0.2) is 29.8 Å². The summed E-state index contributed by atoms with van der Waals surface area (Å²) in [7, 11) is 1.29. The summed E-state index contributed by atoms with van der Waals surface area (Å²) >= 11 is 14.0. The van der Waals surface area contributed by atoms with E-state index in [0.29, 0.717) is 5.57 Å². The summed E-state index contributed by atoms with van der Waals surface area (Å²) in [6.07, 6.45) is 1.01. The monoisotopic (exact) mass is 658 g/mol. The van der Waals surface area contributed by atoms with Gasteiger partial charge in [-0.1, -0.05) is 17.7 Å². The first-order chi connectivity index (χ1) is 20.6. The van der Waals surface area contributed by atoms with Crippen molar-refractivity contribution in [1.29, 1.82) is 0 Å². The topological polar surface area (TPSA) is 104 Å². The van der Waals surface area contributed by atoms with Gasteiger partial charge in [0.2, 0.25) is 17.6 Å². The molecule has 44 heavy (non-hydrogen) atoms. The van der Waals surface area contributed by atoms with Gasteiger partial charge in [0.15, 0.2) is 44.5 Å². The molecule has 2 saturated heterocycles. The number of fused-ring (bicyclic) bond motifs is 4. The summed E-state index contributed by atoms with van der Waals surface area (Å²) in [5.74, 6) is -21.2. The van der Waals surface area contributed by atoms with Gasteiger partial charge in [-0.05, 0) is 43.4 Å². The van der Waals surface area contributed by atoms with Crippen LogP contribution < -0.4 is 9.64 Å². The van der Waals surface area contributed by atoms with Crippen molar-refractivity contribution in [2.24, 2.45) is 17.8 Å². The molecule has 2 aromatic carbocycles. The van der Waals surface area contributed by atoms with Crippen LogP contribution in [0.5, 0.6) is 11.5 Å². The number of carbonyl (C=O) groups is 4. The van der Waals surface area contributed by atoms with E-state index in [0.717, 1.165) is 4.90 Å². The highest BCUT2D eigenvalue weighted by atomic mass is 35.5. The van der Waals surface area contributed by atoms with Crippen LogP contribution in [0.25, 0.3) is 0 Å². The predicted octanol–water partition coefficient (Wildman–Crippen LogP) is 4.68. The van der Waals surface area contributed by atoms with Crippen LogP contribution in [0.3, 0.4) is 0 Å². The Morgan fingerprint density at radius 3 is 2.16 bits per heavy atom. The molecule has 15 heteroatoms. The Morgan fingerprint density at radius 1 is 0.932 bits per heavy atom. The molecular formula is C29H21Cl2F5N2O6. The SMILES string of the molecule is CCOc1cc([C@H]2C3=CC[C@@H]4C(=O)N(C)C(=O)[C@@H]4[C@@H]3C[C@@]3(Cl)C(=O)N(c4c(F)c(F)c(F)c(F)c4F)C(=O)[C@@]23Cl)ccc1O. The fourth-order valence-corrected chi connectivity index (χ4v) is 8.01. The van der Waals surface area contributed by atoms with Gasteiger partial charge in [0.1, 0.15) is 5.69 Å². The first-order valence-corrected chi connectivity index (χ1v) is 14.1. The number of imide groups is 2. The van der Waals surface area contributed by atoms with Crippen molar-refractivity contribution in [2.45, 2.75) is 35.4 Å². The van der Waals surface area contributed by atoms with E-state index < -0.39 is 98.2 Å². The summed E-state index contributed by atoms with van der Waals surface area (Å²) < 4.78 is 78.0. The summed E-state index contributed by atoms with van der Waals surface area (Å²) in [6.45, 7) is 1.72. The van der Waals surface area contributed by atoms with Crippen LogP contribution in [-0.4, -0.2) is 57.0 Å². The van der Waals surface area contributed by atoms with E-state index in [1.165, 1.54) is 25.2 Å². The molecule has 2 aliphatic heterocycles. The number of benzene rings is 2. The van der Waals surface area contributed by atoms with E-state index in [9.17, 15) is 37.5 Å². The zero-order chi connectivity index (χ0) is 32.2. The largest absolute Gasteiger partial charge is 0.504 e. The summed E-state index contributed by atoms with van der Waals surface area (Å²) in [5, 5.41) is 10.3. The number of ether oxygens (including phenoxy) is 1. The Bertz CT molecular complexity index is 1710. The minimum absolute atomic E-state index is 0.0318. The van der Waals surface area contributed by atoms with Gasteiger partial charge < -0.3 is 9.84 Å². The van der Waals surface area contributed by atoms with E-state index in [2.05, 4.69) is 0 Å². The van der Waals surface area contributed by atoms with Gasteiger partial charge in [-0.3, -0.25) is 24.1 Å². The van der Waals surface area contributed by atoms with Crippen LogP contribution in [-0.2, 0) is 19.2 Å². The second-order valence-electron chi connectivity index (χ2n) is 11.1. The molecule has 1 saturated carbocycles. The number of allylic oxidation sites excluding steroid dienone is 2. The molecule has 0 spiro atoms. The third kappa shape index (κ3) is 3.62. The molecule has 6 rings (SSSR count). The molecule has 0 aromatic heterocycles. The predicted molar refractivity (Wildman–Crippen MR) is 143 cm³/mol. The maximum absolute atomic E-state index is 15.0. The van der Waals surface area contributed by atoms with Gasteiger partial charge in [0.25, 0.3) is 11.8 Å². The highest BCUT2D eigenvalue weighted by Crippen LogP contribution is 2.66. The second kappa shape index (κ2) is 9.90. The molecule has 2 aromatic rings. The van der Waals surface area contributed by atoms with Crippen molar-refractivity contribution in [1.82, 2.24) is 4.90 Å². The van der Waals surface area contributed by atoms with Crippen molar-refractivity contribution >= 4 is 52.5 Å². The number of carbonyl (C=O) groups excluding carboxylic acids is 4. The summed E-state index contributed by atoms with van der Waals surface area (Å²) in [5.41, 5.74) is -1.44. The number of rotatable bonds is 4. The highest BCUT2D eigenvalue weighted by molar-refractivity contribution is 6.58. The first kappa shape index (κ1) is 30.3. The van der Waals surface area contributed by atoms with Crippen LogP contribution in [0.2, 0.25) is 0 Å². The van der Waals surface area contributed by atoms with E-state index >= 15 is 8.78 Å². The molecule has 2 heterocycles. The van der Waals surface area contributed by atoms with Gasteiger partial charge in [-0.25, -0.2) is 26.9 Å². The number of hydrogen-bond acceptors (Lipinski definition) is 6. The Labute approximate surface area is 255 Å². The lowest BCUT2D eigenvalue weighted by molar-refractivity contribution is -0.138. The molecule has 0 unspecified atom stereocenters.